The Hall–Kier alpha value is -0.930. The van der Waals surface area contributed by atoms with Crippen molar-refractivity contribution in [3.05, 3.63) is 34.6 Å². The van der Waals surface area contributed by atoms with E-state index >= 15 is 0 Å². The summed E-state index contributed by atoms with van der Waals surface area (Å²) < 4.78 is 19.6. The van der Waals surface area contributed by atoms with Gasteiger partial charge in [0.1, 0.15) is 11.6 Å². The zero-order chi connectivity index (χ0) is 14.2. The highest BCUT2D eigenvalue weighted by molar-refractivity contribution is 6.31. The molecule has 1 saturated heterocycles. The molecule has 2 aliphatic rings. The largest absolute Gasteiger partial charge is 0.375 e. The van der Waals surface area contributed by atoms with Gasteiger partial charge in [-0.2, -0.15) is 0 Å². The molecule has 2 nitrogen and oxygen atoms in total. The molecule has 1 aliphatic carbocycles. The number of ketones is 1. The van der Waals surface area contributed by atoms with Crippen LogP contribution in [0.3, 0.4) is 0 Å². The van der Waals surface area contributed by atoms with E-state index in [1.807, 2.05) is 0 Å². The van der Waals surface area contributed by atoms with Crippen molar-refractivity contribution >= 4 is 17.4 Å². The lowest BCUT2D eigenvalue weighted by Crippen LogP contribution is -2.47. The van der Waals surface area contributed by atoms with Crippen LogP contribution in [0.4, 0.5) is 4.39 Å². The van der Waals surface area contributed by atoms with E-state index in [9.17, 15) is 9.18 Å². The monoisotopic (exact) mass is 296 g/mol. The minimum atomic E-state index is -0.392. The average Bonchev–Trinajstić information content (AvgIpc) is 2.41. The van der Waals surface area contributed by atoms with Gasteiger partial charge < -0.3 is 4.74 Å². The van der Waals surface area contributed by atoms with E-state index in [1.165, 1.54) is 12.5 Å². The Morgan fingerprint density at radius 1 is 1.45 bits per heavy atom. The van der Waals surface area contributed by atoms with Crippen LogP contribution in [-0.4, -0.2) is 18.0 Å². The highest BCUT2D eigenvalue weighted by Crippen LogP contribution is 2.44. The van der Waals surface area contributed by atoms with Crippen molar-refractivity contribution in [1.82, 2.24) is 0 Å². The Balaban J connectivity index is 1.70. The van der Waals surface area contributed by atoms with Crippen molar-refractivity contribution in [2.45, 2.75) is 44.1 Å². The molecule has 3 rings (SSSR count). The topological polar surface area (TPSA) is 26.3 Å². The normalized spacial score (nSPS) is 24.4. The van der Waals surface area contributed by atoms with Crippen molar-refractivity contribution < 1.29 is 13.9 Å². The summed E-state index contributed by atoms with van der Waals surface area (Å²) in [5, 5.41) is 0.337. The van der Waals surface area contributed by atoms with Crippen LogP contribution < -0.4 is 0 Å². The second-order valence-corrected chi connectivity index (χ2v) is 6.33. The molecule has 0 amide bonds. The number of rotatable bonds is 3. The summed E-state index contributed by atoms with van der Waals surface area (Å²) in [4.78, 5) is 12.4. The maximum Gasteiger partial charge on any atom is 0.140 e. The van der Waals surface area contributed by atoms with Gasteiger partial charge in [-0.05, 0) is 44.2 Å². The number of carbonyl (C=O) groups excluding carboxylic acids is 1. The second-order valence-electron chi connectivity index (χ2n) is 5.92. The molecule has 4 heteroatoms. The third-order valence-corrected chi connectivity index (χ3v) is 4.98. The number of hydrogen-bond donors (Lipinski definition) is 0. The zero-order valence-corrected chi connectivity index (χ0v) is 12.1. The number of ether oxygens (including phenoxy) is 1. The lowest BCUT2D eigenvalue weighted by molar-refractivity contribution is -0.155. The van der Waals surface area contributed by atoms with E-state index in [2.05, 4.69) is 0 Å². The van der Waals surface area contributed by atoms with Gasteiger partial charge in [-0.3, -0.25) is 4.79 Å². The third-order valence-electron chi connectivity index (χ3n) is 4.63. The standard InChI is InChI=1S/C16H18ClFO2/c17-13-3-1-4-14(18)12(13)9-15(19)11-5-8-20-16(10-11)6-2-7-16/h1,3-4,11H,2,5-10H2. The van der Waals surface area contributed by atoms with Crippen molar-refractivity contribution in [3.8, 4) is 0 Å². The first kappa shape index (κ1) is 14.0. The summed E-state index contributed by atoms with van der Waals surface area (Å²) in [6.07, 6.45) is 4.91. The number of hydrogen-bond acceptors (Lipinski definition) is 2. The Morgan fingerprint density at radius 3 is 2.90 bits per heavy atom. The van der Waals surface area contributed by atoms with E-state index in [4.69, 9.17) is 16.3 Å². The van der Waals surface area contributed by atoms with Crippen LogP contribution >= 0.6 is 11.6 Å². The van der Waals surface area contributed by atoms with Gasteiger partial charge >= 0.3 is 0 Å². The summed E-state index contributed by atoms with van der Waals surface area (Å²) in [5.74, 6) is -0.317. The summed E-state index contributed by atoms with van der Waals surface area (Å²) in [5.41, 5.74) is 0.269. The third kappa shape index (κ3) is 2.61. The molecular formula is C16H18ClFO2. The molecule has 0 N–H and O–H groups in total. The van der Waals surface area contributed by atoms with Gasteiger partial charge in [0, 0.05) is 29.5 Å². The molecule has 1 heterocycles. The molecular weight excluding hydrogens is 279 g/mol. The minimum Gasteiger partial charge on any atom is -0.375 e. The Bertz CT molecular complexity index is 505. The maximum atomic E-state index is 13.7. The van der Waals surface area contributed by atoms with Gasteiger partial charge in [0.2, 0.25) is 0 Å². The van der Waals surface area contributed by atoms with Gasteiger partial charge in [-0.25, -0.2) is 4.39 Å². The predicted octanol–water partition coefficient (Wildman–Crippen LogP) is 3.94. The molecule has 0 aromatic heterocycles. The Morgan fingerprint density at radius 2 is 2.25 bits per heavy atom. The van der Waals surface area contributed by atoms with Crippen LogP contribution in [0.2, 0.25) is 5.02 Å². The minimum absolute atomic E-state index is 0.0141. The molecule has 0 bridgehead atoms. The molecule has 1 atom stereocenters. The highest BCUT2D eigenvalue weighted by Gasteiger charge is 2.44. The summed E-state index contributed by atoms with van der Waals surface area (Å²) >= 11 is 5.99. The first-order chi connectivity index (χ1) is 9.60. The van der Waals surface area contributed by atoms with E-state index in [0.29, 0.717) is 17.2 Å². The zero-order valence-electron chi connectivity index (χ0n) is 11.3. The van der Waals surface area contributed by atoms with Crippen molar-refractivity contribution in [2.75, 3.05) is 6.61 Å². The fourth-order valence-electron chi connectivity index (χ4n) is 3.24. The van der Waals surface area contributed by atoms with Crippen LogP contribution in [0.25, 0.3) is 0 Å². The number of carbonyl (C=O) groups is 1. The molecule has 108 valence electrons. The summed E-state index contributed by atoms with van der Waals surface area (Å²) in [6.45, 7) is 0.640. The van der Waals surface area contributed by atoms with Crippen LogP contribution in [0, 0.1) is 11.7 Å². The van der Waals surface area contributed by atoms with Gasteiger partial charge in [0.25, 0.3) is 0 Å². The van der Waals surface area contributed by atoms with Crippen molar-refractivity contribution in [2.24, 2.45) is 5.92 Å². The van der Waals surface area contributed by atoms with Gasteiger partial charge in [-0.1, -0.05) is 17.7 Å². The Kier molecular flexibility index (Phi) is 3.83. The lowest BCUT2D eigenvalue weighted by Gasteiger charge is -2.46. The van der Waals surface area contributed by atoms with E-state index in [0.717, 1.165) is 25.7 Å². The van der Waals surface area contributed by atoms with E-state index < -0.39 is 5.82 Å². The fourth-order valence-corrected chi connectivity index (χ4v) is 3.47. The summed E-state index contributed by atoms with van der Waals surface area (Å²) in [7, 11) is 0. The van der Waals surface area contributed by atoms with E-state index in [-0.39, 0.29) is 23.7 Å². The predicted molar refractivity (Wildman–Crippen MR) is 75.4 cm³/mol. The smallest absolute Gasteiger partial charge is 0.140 e. The molecule has 1 unspecified atom stereocenters. The molecule has 2 fully saturated rings. The number of Topliss-reactive ketones (excluding diaryl/α,β-unsaturated/α-hetero) is 1. The van der Waals surface area contributed by atoms with Gasteiger partial charge in [0.05, 0.1) is 5.60 Å². The Labute approximate surface area is 123 Å². The molecule has 1 aromatic rings. The second kappa shape index (κ2) is 5.45. The van der Waals surface area contributed by atoms with Crippen LogP contribution in [0.15, 0.2) is 18.2 Å². The molecule has 1 aromatic carbocycles. The van der Waals surface area contributed by atoms with Gasteiger partial charge in [0.15, 0.2) is 0 Å². The van der Waals surface area contributed by atoms with Gasteiger partial charge in [-0.15, -0.1) is 0 Å². The summed E-state index contributed by atoms with van der Waals surface area (Å²) in [6, 6.07) is 4.54. The van der Waals surface area contributed by atoms with E-state index in [1.54, 1.807) is 12.1 Å². The molecule has 1 aliphatic heterocycles. The molecule has 1 saturated carbocycles. The molecule has 20 heavy (non-hydrogen) atoms. The van der Waals surface area contributed by atoms with Crippen LogP contribution in [0.1, 0.15) is 37.7 Å². The lowest BCUT2D eigenvalue weighted by atomic mass is 9.70. The maximum absolute atomic E-state index is 13.7. The van der Waals surface area contributed by atoms with Crippen LogP contribution in [-0.2, 0) is 16.0 Å². The first-order valence-electron chi connectivity index (χ1n) is 7.19. The van der Waals surface area contributed by atoms with Crippen molar-refractivity contribution in [1.29, 1.82) is 0 Å². The van der Waals surface area contributed by atoms with Crippen molar-refractivity contribution in [3.63, 3.8) is 0 Å². The first-order valence-corrected chi connectivity index (χ1v) is 7.57. The van der Waals surface area contributed by atoms with Crippen LogP contribution in [0.5, 0.6) is 0 Å². The quantitative estimate of drug-likeness (QED) is 0.844. The fraction of sp³-hybridized carbons (Fsp3) is 0.562. The number of benzene rings is 1. The SMILES string of the molecule is O=C(Cc1c(F)cccc1Cl)C1CCOC2(CCC2)C1. The average molecular weight is 297 g/mol. The number of halogens is 2. The molecule has 0 radical (unpaired) electrons. The molecule has 1 spiro atoms. The highest BCUT2D eigenvalue weighted by atomic mass is 35.5.